The van der Waals surface area contributed by atoms with E-state index in [-0.39, 0.29) is 12.0 Å². The molecule has 0 aromatic rings. The summed E-state index contributed by atoms with van der Waals surface area (Å²) in [4.78, 5) is 14.3. The van der Waals surface area contributed by atoms with E-state index in [1.54, 1.807) is 0 Å². The first kappa shape index (κ1) is 12.8. The van der Waals surface area contributed by atoms with E-state index in [1.165, 1.54) is 6.42 Å². The van der Waals surface area contributed by atoms with Crippen LogP contribution in [0.2, 0.25) is 0 Å². The highest BCUT2D eigenvalue weighted by Gasteiger charge is 2.33. The fraction of sp³-hybridized carbons (Fsp3) is 0.923. The summed E-state index contributed by atoms with van der Waals surface area (Å²) in [5, 5.41) is 0. The lowest BCUT2D eigenvalue weighted by atomic mass is 9.93. The van der Waals surface area contributed by atoms with E-state index in [1.807, 2.05) is 11.8 Å². The van der Waals surface area contributed by atoms with E-state index in [4.69, 9.17) is 10.5 Å². The Morgan fingerprint density at radius 3 is 3.00 bits per heavy atom. The van der Waals surface area contributed by atoms with Crippen molar-refractivity contribution in [3.8, 4) is 0 Å². The lowest BCUT2D eigenvalue weighted by Crippen LogP contribution is -2.43. The van der Waals surface area contributed by atoms with Crippen LogP contribution in [0.25, 0.3) is 0 Å². The molecule has 4 heteroatoms. The molecule has 2 saturated heterocycles. The summed E-state index contributed by atoms with van der Waals surface area (Å²) in [6.45, 7) is 5.21. The molecule has 98 valence electrons. The van der Waals surface area contributed by atoms with Crippen LogP contribution in [0.4, 0.5) is 0 Å². The Morgan fingerprint density at radius 2 is 2.35 bits per heavy atom. The van der Waals surface area contributed by atoms with Gasteiger partial charge < -0.3 is 15.4 Å². The lowest BCUT2D eigenvalue weighted by molar-refractivity contribution is -0.137. The minimum atomic E-state index is 0.0987. The fourth-order valence-electron chi connectivity index (χ4n) is 2.98. The van der Waals surface area contributed by atoms with Crippen molar-refractivity contribution < 1.29 is 9.53 Å². The first-order valence-electron chi connectivity index (χ1n) is 6.81. The quantitative estimate of drug-likeness (QED) is 0.800. The molecule has 0 aliphatic carbocycles. The van der Waals surface area contributed by atoms with E-state index < -0.39 is 0 Å². The molecule has 1 amide bonds. The zero-order valence-corrected chi connectivity index (χ0v) is 10.7. The van der Waals surface area contributed by atoms with Crippen LogP contribution in [0.1, 0.15) is 32.6 Å². The van der Waals surface area contributed by atoms with Crippen LogP contribution in [0.3, 0.4) is 0 Å². The van der Waals surface area contributed by atoms with E-state index >= 15 is 0 Å². The SMILES string of the molecule is CC1CC(C(=O)N2CCCC(CCN)C2)CO1. The van der Waals surface area contributed by atoms with Crippen molar-refractivity contribution in [1.29, 1.82) is 0 Å². The molecule has 0 radical (unpaired) electrons. The van der Waals surface area contributed by atoms with Gasteiger partial charge >= 0.3 is 0 Å². The predicted molar refractivity (Wildman–Crippen MR) is 66.5 cm³/mol. The molecule has 0 aromatic carbocycles. The number of hydrogen-bond donors (Lipinski definition) is 1. The molecule has 0 bridgehead atoms. The molecule has 2 fully saturated rings. The Bertz CT molecular complexity index is 268. The topological polar surface area (TPSA) is 55.6 Å². The second-order valence-electron chi connectivity index (χ2n) is 5.45. The van der Waals surface area contributed by atoms with E-state index in [0.717, 1.165) is 38.9 Å². The molecular formula is C13H24N2O2. The second-order valence-corrected chi connectivity index (χ2v) is 5.45. The largest absolute Gasteiger partial charge is 0.378 e. The molecule has 17 heavy (non-hydrogen) atoms. The number of ether oxygens (including phenoxy) is 1. The monoisotopic (exact) mass is 240 g/mol. The molecule has 3 unspecified atom stereocenters. The zero-order valence-electron chi connectivity index (χ0n) is 10.7. The Balaban J connectivity index is 1.86. The van der Waals surface area contributed by atoms with Crippen LogP contribution < -0.4 is 5.73 Å². The summed E-state index contributed by atoms with van der Waals surface area (Å²) >= 11 is 0. The first-order valence-corrected chi connectivity index (χ1v) is 6.81. The average molecular weight is 240 g/mol. The molecule has 2 heterocycles. The number of rotatable bonds is 3. The molecule has 0 saturated carbocycles. The number of piperidine rings is 1. The van der Waals surface area contributed by atoms with Crippen LogP contribution in [-0.4, -0.2) is 43.2 Å². The van der Waals surface area contributed by atoms with Crippen molar-refractivity contribution in [3.63, 3.8) is 0 Å². The Morgan fingerprint density at radius 1 is 1.53 bits per heavy atom. The highest BCUT2D eigenvalue weighted by molar-refractivity contribution is 5.79. The maximum absolute atomic E-state index is 12.3. The van der Waals surface area contributed by atoms with Crippen molar-refractivity contribution in [2.24, 2.45) is 17.6 Å². The molecular weight excluding hydrogens is 216 g/mol. The van der Waals surface area contributed by atoms with Gasteiger partial charge in [-0.05, 0) is 45.1 Å². The third kappa shape index (κ3) is 3.19. The molecule has 2 aliphatic heterocycles. The minimum Gasteiger partial charge on any atom is -0.378 e. The van der Waals surface area contributed by atoms with Crippen molar-refractivity contribution in [1.82, 2.24) is 4.90 Å². The molecule has 3 atom stereocenters. The van der Waals surface area contributed by atoms with Crippen LogP contribution in [0.5, 0.6) is 0 Å². The molecule has 4 nitrogen and oxygen atoms in total. The Hall–Kier alpha value is -0.610. The van der Waals surface area contributed by atoms with Crippen molar-refractivity contribution in [2.75, 3.05) is 26.2 Å². The van der Waals surface area contributed by atoms with Gasteiger partial charge in [0.1, 0.15) is 0 Å². The third-order valence-corrected chi connectivity index (χ3v) is 3.95. The van der Waals surface area contributed by atoms with Gasteiger partial charge in [-0.15, -0.1) is 0 Å². The summed E-state index contributed by atoms with van der Waals surface area (Å²) in [5.74, 6) is 1.01. The molecule has 2 aliphatic rings. The molecule has 0 aromatic heterocycles. The van der Waals surface area contributed by atoms with Crippen LogP contribution in [-0.2, 0) is 9.53 Å². The summed E-state index contributed by atoms with van der Waals surface area (Å²) < 4.78 is 5.48. The number of nitrogens with zero attached hydrogens (tertiary/aromatic N) is 1. The van der Waals surface area contributed by atoms with E-state index in [2.05, 4.69) is 0 Å². The highest BCUT2D eigenvalue weighted by atomic mass is 16.5. The number of carbonyl (C=O) groups is 1. The predicted octanol–water partition coefficient (Wildman–Crippen LogP) is 0.999. The van der Waals surface area contributed by atoms with Gasteiger partial charge in [0.15, 0.2) is 0 Å². The number of nitrogens with two attached hydrogens (primary N) is 1. The van der Waals surface area contributed by atoms with Crippen LogP contribution in [0.15, 0.2) is 0 Å². The van der Waals surface area contributed by atoms with Crippen LogP contribution in [0, 0.1) is 11.8 Å². The third-order valence-electron chi connectivity index (χ3n) is 3.95. The summed E-state index contributed by atoms with van der Waals surface area (Å²) in [6, 6.07) is 0. The molecule has 0 spiro atoms. The van der Waals surface area contributed by atoms with Gasteiger partial charge in [-0.1, -0.05) is 0 Å². The highest BCUT2D eigenvalue weighted by Crippen LogP contribution is 2.25. The number of likely N-dealkylation sites (tertiary alicyclic amines) is 1. The maximum atomic E-state index is 12.3. The normalized spacial score (nSPS) is 34.0. The summed E-state index contributed by atoms with van der Waals surface area (Å²) in [5.41, 5.74) is 5.60. The standard InChI is InChI=1S/C13H24N2O2/c1-10-7-12(9-17-10)13(16)15-6-2-3-11(8-15)4-5-14/h10-12H,2-9,14H2,1H3. The second kappa shape index (κ2) is 5.83. The van der Waals surface area contributed by atoms with Crippen molar-refractivity contribution >= 4 is 5.91 Å². The zero-order chi connectivity index (χ0) is 12.3. The molecule has 2 N–H and O–H groups in total. The van der Waals surface area contributed by atoms with Crippen LogP contribution >= 0.6 is 0 Å². The summed E-state index contributed by atoms with van der Waals surface area (Å²) in [6.07, 6.45) is 4.52. The average Bonchev–Trinajstić information content (AvgIpc) is 2.76. The van der Waals surface area contributed by atoms with Crippen molar-refractivity contribution in [3.05, 3.63) is 0 Å². The summed E-state index contributed by atoms with van der Waals surface area (Å²) in [7, 11) is 0. The fourth-order valence-corrected chi connectivity index (χ4v) is 2.98. The Labute approximate surface area is 103 Å². The number of carbonyl (C=O) groups excluding carboxylic acids is 1. The van der Waals surface area contributed by atoms with Gasteiger partial charge in [0.25, 0.3) is 0 Å². The number of amides is 1. The number of hydrogen-bond acceptors (Lipinski definition) is 3. The Kier molecular flexibility index (Phi) is 4.40. The molecule has 2 rings (SSSR count). The van der Waals surface area contributed by atoms with Crippen molar-refractivity contribution in [2.45, 2.75) is 38.7 Å². The first-order chi connectivity index (χ1) is 8.20. The van der Waals surface area contributed by atoms with Gasteiger partial charge in [-0.2, -0.15) is 0 Å². The van der Waals surface area contributed by atoms with Gasteiger partial charge in [0, 0.05) is 13.1 Å². The smallest absolute Gasteiger partial charge is 0.228 e. The minimum absolute atomic E-state index is 0.0987. The van der Waals surface area contributed by atoms with Gasteiger partial charge in [0.2, 0.25) is 5.91 Å². The lowest BCUT2D eigenvalue weighted by Gasteiger charge is -2.34. The van der Waals surface area contributed by atoms with E-state index in [9.17, 15) is 4.79 Å². The van der Waals surface area contributed by atoms with Gasteiger partial charge in [-0.3, -0.25) is 4.79 Å². The maximum Gasteiger partial charge on any atom is 0.228 e. The van der Waals surface area contributed by atoms with Gasteiger partial charge in [-0.25, -0.2) is 0 Å². The van der Waals surface area contributed by atoms with Gasteiger partial charge in [0.05, 0.1) is 18.6 Å². The van der Waals surface area contributed by atoms with E-state index in [0.29, 0.717) is 18.4 Å².